The van der Waals surface area contributed by atoms with Crippen molar-refractivity contribution in [2.45, 2.75) is 12.5 Å². The van der Waals surface area contributed by atoms with Crippen LogP contribution in [-0.4, -0.2) is 5.91 Å². The Morgan fingerprint density at radius 2 is 1.67 bits per heavy atom. The topological polar surface area (TPSA) is 42.2 Å². The molecule has 2 aromatic carbocycles. The summed E-state index contributed by atoms with van der Waals surface area (Å²) in [5, 5.41) is 3.08. The number of nitrogens with one attached hydrogen (secondary N) is 1. The first-order valence-electron chi connectivity index (χ1n) is 7.92. The molecule has 0 radical (unpaired) electrons. The van der Waals surface area contributed by atoms with Crippen molar-refractivity contribution in [2.75, 3.05) is 0 Å². The Morgan fingerprint density at radius 1 is 0.958 bits per heavy atom. The molecule has 3 aromatic rings. The van der Waals surface area contributed by atoms with E-state index in [1.165, 1.54) is 11.6 Å². The smallest absolute Gasteiger partial charge is 0.244 e. The number of carbonyl (C=O) groups excluding carboxylic acids is 1. The Kier molecular flexibility index (Phi) is 5.25. The van der Waals surface area contributed by atoms with Crippen LogP contribution in [0, 0.1) is 0 Å². The Balaban J connectivity index is 1.73. The van der Waals surface area contributed by atoms with Crippen molar-refractivity contribution in [1.82, 2.24) is 5.32 Å². The number of hydrogen-bond acceptors (Lipinski definition) is 2. The molecule has 120 valence electrons. The van der Waals surface area contributed by atoms with Crippen LogP contribution in [0.4, 0.5) is 0 Å². The summed E-state index contributed by atoms with van der Waals surface area (Å²) in [6.45, 7) is 0. The quantitative estimate of drug-likeness (QED) is 0.685. The zero-order valence-electron chi connectivity index (χ0n) is 13.3. The van der Waals surface area contributed by atoms with Crippen LogP contribution in [0.2, 0.25) is 0 Å². The van der Waals surface area contributed by atoms with Crippen molar-refractivity contribution in [3.8, 4) is 0 Å². The monoisotopic (exact) mass is 317 g/mol. The van der Waals surface area contributed by atoms with Gasteiger partial charge in [-0.15, -0.1) is 0 Å². The summed E-state index contributed by atoms with van der Waals surface area (Å²) < 4.78 is 5.20. The lowest BCUT2D eigenvalue weighted by Crippen LogP contribution is -2.28. The van der Waals surface area contributed by atoms with E-state index in [0.717, 1.165) is 12.0 Å². The van der Waals surface area contributed by atoms with E-state index in [1.807, 2.05) is 54.6 Å². The highest BCUT2D eigenvalue weighted by Crippen LogP contribution is 2.18. The molecule has 1 heterocycles. The van der Waals surface area contributed by atoms with Gasteiger partial charge in [0.05, 0.1) is 12.3 Å². The Bertz CT molecular complexity index is 777. The van der Waals surface area contributed by atoms with E-state index in [9.17, 15) is 4.79 Å². The van der Waals surface area contributed by atoms with Crippen LogP contribution in [-0.2, 0) is 11.2 Å². The van der Waals surface area contributed by atoms with Crippen LogP contribution in [0.15, 0.2) is 89.6 Å². The van der Waals surface area contributed by atoms with Crippen molar-refractivity contribution < 1.29 is 9.21 Å². The molecule has 1 amide bonds. The summed E-state index contributed by atoms with van der Waals surface area (Å²) in [5.41, 5.74) is 2.27. The first kappa shape index (κ1) is 15.8. The van der Waals surface area contributed by atoms with Gasteiger partial charge in [0, 0.05) is 6.08 Å². The molecule has 3 nitrogen and oxygen atoms in total. The molecule has 0 unspecified atom stereocenters. The Morgan fingerprint density at radius 3 is 2.33 bits per heavy atom. The molecule has 0 bridgehead atoms. The summed E-state index contributed by atoms with van der Waals surface area (Å²) in [6.07, 6.45) is 5.49. The largest absolute Gasteiger partial charge is 0.465 e. The molecular weight excluding hydrogens is 298 g/mol. The maximum absolute atomic E-state index is 12.3. The number of amides is 1. The summed E-state index contributed by atoms with van der Waals surface area (Å²) in [5.74, 6) is 0.514. The van der Waals surface area contributed by atoms with Crippen molar-refractivity contribution in [3.05, 3.63) is 102 Å². The normalized spacial score (nSPS) is 12.2. The van der Waals surface area contributed by atoms with E-state index in [-0.39, 0.29) is 11.9 Å². The molecule has 1 atom stereocenters. The van der Waals surface area contributed by atoms with E-state index in [0.29, 0.717) is 5.76 Å². The fourth-order valence-electron chi connectivity index (χ4n) is 2.55. The van der Waals surface area contributed by atoms with Crippen molar-refractivity contribution in [3.63, 3.8) is 0 Å². The summed E-state index contributed by atoms with van der Waals surface area (Å²) >= 11 is 0. The van der Waals surface area contributed by atoms with Crippen LogP contribution in [0.5, 0.6) is 0 Å². The van der Waals surface area contributed by atoms with Gasteiger partial charge in [-0.25, -0.2) is 0 Å². The van der Waals surface area contributed by atoms with E-state index >= 15 is 0 Å². The standard InChI is InChI=1S/C21H19NO2/c23-21(14-13-19-12-7-15-24-19)22-20(18-10-5-2-6-11-18)16-17-8-3-1-4-9-17/h1-15,20H,16H2,(H,22,23)/b14-13+/t20-/m1/s1. The van der Waals surface area contributed by atoms with Gasteiger partial charge in [0.2, 0.25) is 5.91 Å². The second-order valence-electron chi connectivity index (χ2n) is 5.51. The third kappa shape index (κ3) is 4.46. The molecule has 0 saturated heterocycles. The molecule has 3 heteroatoms. The zero-order valence-corrected chi connectivity index (χ0v) is 13.3. The summed E-state index contributed by atoms with van der Waals surface area (Å²) in [6, 6.07) is 23.7. The van der Waals surface area contributed by atoms with Gasteiger partial charge >= 0.3 is 0 Å². The molecule has 1 aromatic heterocycles. The molecule has 0 fully saturated rings. The van der Waals surface area contributed by atoms with Crippen LogP contribution < -0.4 is 5.32 Å². The average Bonchev–Trinajstić information content (AvgIpc) is 3.15. The van der Waals surface area contributed by atoms with Crippen LogP contribution in [0.1, 0.15) is 22.9 Å². The van der Waals surface area contributed by atoms with Gasteiger partial charge in [0.1, 0.15) is 5.76 Å². The maximum atomic E-state index is 12.3. The van der Waals surface area contributed by atoms with Crippen LogP contribution in [0.3, 0.4) is 0 Å². The second-order valence-corrected chi connectivity index (χ2v) is 5.51. The molecule has 3 rings (SSSR count). The van der Waals surface area contributed by atoms with E-state index in [2.05, 4.69) is 17.4 Å². The van der Waals surface area contributed by atoms with Gasteiger partial charge in [0.25, 0.3) is 0 Å². The highest BCUT2D eigenvalue weighted by Gasteiger charge is 2.13. The van der Waals surface area contributed by atoms with Gasteiger partial charge < -0.3 is 9.73 Å². The van der Waals surface area contributed by atoms with Crippen molar-refractivity contribution in [1.29, 1.82) is 0 Å². The highest BCUT2D eigenvalue weighted by atomic mass is 16.3. The van der Waals surface area contributed by atoms with Crippen molar-refractivity contribution in [2.24, 2.45) is 0 Å². The number of hydrogen-bond donors (Lipinski definition) is 1. The number of rotatable bonds is 6. The van der Waals surface area contributed by atoms with E-state index in [4.69, 9.17) is 4.42 Å². The number of benzene rings is 2. The van der Waals surface area contributed by atoms with Gasteiger partial charge in [0.15, 0.2) is 0 Å². The minimum Gasteiger partial charge on any atom is -0.465 e. The molecule has 0 aliphatic carbocycles. The fraction of sp³-hybridized carbons (Fsp3) is 0.0952. The molecule has 1 N–H and O–H groups in total. The predicted molar refractivity (Wildman–Crippen MR) is 95.2 cm³/mol. The Labute approximate surface area is 141 Å². The fourth-order valence-corrected chi connectivity index (χ4v) is 2.55. The molecule has 0 aliphatic heterocycles. The van der Waals surface area contributed by atoms with Gasteiger partial charge in [-0.3, -0.25) is 4.79 Å². The van der Waals surface area contributed by atoms with E-state index < -0.39 is 0 Å². The minimum absolute atomic E-state index is 0.0812. The molecule has 24 heavy (non-hydrogen) atoms. The lowest BCUT2D eigenvalue weighted by atomic mass is 9.99. The average molecular weight is 317 g/mol. The minimum atomic E-state index is -0.142. The number of carbonyl (C=O) groups is 1. The van der Waals surface area contributed by atoms with Gasteiger partial charge in [-0.2, -0.15) is 0 Å². The van der Waals surface area contributed by atoms with Gasteiger partial charge in [-0.05, 0) is 35.8 Å². The first-order valence-corrected chi connectivity index (χ1v) is 7.92. The zero-order chi connectivity index (χ0) is 16.6. The molecule has 0 saturated carbocycles. The maximum Gasteiger partial charge on any atom is 0.244 e. The molecular formula is C21H19NO2. The lowest BCUT2D eigenvalue weighted by Gasteiger charge is -2.18. The van der Waals surface area contributed by atoms with Crippen LogP contribution >= 0.6 is 0 Å². The first-order chi connectivity index (χ1) is 11.8. The summed E-state index contributed by atoms with van der Waals surface area (Å²) in [7, 11) is 0. The predicted octanol–water partition coefficient (Wildman–Crippen LogP) is 4.39. The highest BCUT2D eigenvalue weighted by molar-refractivity contribution is 5.91. The molecule has 0 aliphatic rings. The number of furan rings is 1. The lowest BCUT2D eigenvalue weighted by molar-refractivity contribution is -0.117. The SMILES string of the molecule is O=C(/C=C/c1ccco1)N[C@H](Cc1ccccc1)c1ccccc1. The van der Waals surface area contributed by atoms with Crippen molar-refractivity contribution >= 4 is 12.0 Å². The molecule has 0 spiro atoms. The summed E-state index contributed by atoms with van der Waals surface area (Å²) in [4.78, 5) is 12.3. The van der Waals surface area contributed by atoms with E-state index in [1.54, 1.807) is 18.4 Å². The Hall–Kier alpha value is -3.07. The van der Waals surface area contributed by atoms with Crippen LogP contribution in [0.25, 0.3) is 6.08 Å². The third-order valence-corrected chi connectivity index (χ3v) is 3.74. The van der Waals surface area contributed by atoms with Gasteiger partial charge in [-0.1, -0.05) is 60.7 Å². The second kappa shape index (κ2) is 7.97. The third-order valence-electron chi connectivity index (χ3n) is 3.74.